The highest BCUT2D eigenvalue weighted by Crippen LogP contribution is 2.28. The van der Waals surface area contributed by atoms with Crippen molar-refractivity contribution in [3.05, 3.63) is 21.9 Å². The third-order valence-corrected chi connectivity index (χ3v) is 5.99. The zero-order valence-electron chi connectivity index (χ0n) is 16.1. The van der Waals surface area contributed by atoms with E-state index in [-0.39, 0.29) is 10.8 Å². The summed E-state index contributed by atoms with van der Waals surface area (Å²) in [6.07, 6.45) is -5.41. The number of amides is 1. The Morgan fingerprint density at radius 1 is 0.903 bits per heavy atom. The molecule has 1 amide bonds. The van der Waals surface area contributed by atoms with E-state index in [0.29, 0.717) is 30.5 Å². The highest BCUT2D eigenvalue weighted by atomic mass is 32.1. The fourth-order valence-electron chi connectivity index (χ4n) is 3.39. The molecule has 1 atom stereocenters. The quantitative estimate of drug-likeness (QED) is 0.521. The van der Waals surface area contributed by atoms with Gasteiger partial charge < -0.3 is 10.0 Å². The van der Waals surface area contributed by atoms with Gasteiger partial charge in [0.25, 0.3) is 11.7 Å². The lowest BCUT2D eigenvalue weighted by molar-refractivity contribution is -0.192. The van der Waals surface area contributed by atoms with Gasteiger partial charge in [0.1, 0.15) is 0 Å². The summed E-state index contributed by atoms with van der Waals surface area (Å²) in [6.45, 7) is 3.04. The molecule has 1 N–H and O–H groups in total. The van der Waals surface area contributed by atoms with E-state index in [1.54, 1.807) is 4.90 Å². The summed E-state index contributed by atoms with van der Waals surface area (Å²) in [6, 6.07) is 2.75. The molecule has 1 aromatic rings. The SMILES string of the molecule is O=C(O)C(F)(F)F.O=C(c1ccc(C(=O)C(F)(F)F)s1)N1CCN2CCCCCC2C1. The number of carboxylic acids is 1. The number of Topliss-reactive ketones (excluding diaryl/α,β-unsaturated/α-hetero) is 1. The Kier molecular flexibility index (Phi) is 8.09. The number of carbonyl (C=O) groups excluding carboxylic acids is 2. The van der Waals surface area contributed by atoms with Gasteiger partial charge in [0, 0.05) is 25.7 Å². The van der Waals surface area contributed by atoms with Crippen LogP contribution in [0, 0.1) is 0 Å². The van der Waals surface area contributed by atoms with Gasteiger partial charge in [-0.15, -0.1) is 11.3 Å². The van der Waals surface area contributed by atoms with E-state index in [1.807, 2.05) is 0 Å². The van der Waals surface area contributed by atoms with E-state index in [2.05, 4.69) is 4.90 Å². The fraction of sp³-hybridized carbons (Fsp3) is 0.611. The van der Waals surface area contributed by atoms with Gasteiger partial charge in [0.2, 0.25) is 0 Å². The van der Waals surface area contributed by atoms with Gasteiger partial charge >= 0.3 is 18.3 Å². The number of fused-ring (bicyclic) bond motifs is 1. The normalized spacial score (nSPS) is 20.2. The van der Waals surface area contributed by atoms with Crippen molar-refractivity contribution in [3.63, 3.8) is 0 Å². The number of aliphatic carboxylic acids is 1. The van der Waals surface area contributed by atoms with Crippen LogP contribution in [-0.4, -0.2) is 77.1 Å². The van der Waals surface area contributed by atoms with Crippen LogP contribution in [-0.2, 0) is 4.79 Å². The molecular formula is C18H20F6N2O4S. The number of rotatable bonds is 2. The van der Waals surface area contributed by atoms with Gasteiger partial charge in [0.05, 0.1) is 9.75 Å². The number of carboxylic acid groups (broad SMARTS) is 1. The Balaban J connectivity index is 0.000000423. The third-order valence-electron chi connectivity index (χ3n) is 4.92. The minimum absolute atomic E-state index is 0.199. The summed E-state index contributed by atoms with van der Waals surface area (Å²) in [5.74, 6) is -4.92. The van der Waals surface area contributed by atoms with E-state index < -0.39 is 29.0 Å². The summed E-state index contributed by atoms with van der Waals surface area (Å²) in [5, 5.41) is 7.12. The maximum absolute atomic E-state index is 12.6. The molecular weight excluding hydrogens is 454 g/mol. The number of thiophene rings is 1. The van der Waals surface area contributed by atoms with E-state index >= 15 is 0 Å². The van der Waals surface area contributed by atoms with Crippen LogP contribution in [0.2, 0.25) is 0 Å². The Labute approximate surface area is 177 Å². The molecule has 0 aliphatic carbocycles. The summed E-state index contributed by atoms with van der Waals surface area (Å²) in [7, 11) is 0. The molecule has 3 rings (SSSR count). The summed E-state index contributed by atoms with van der Waals surface area (Å²) in [5.41, 5.74) is 0. The molecule has 6 nitrogen and oxygen atoms in total. The molecule has 13 heteroatoms. The van der Waals surface area contributed by atoms with Crippen molar-refractivity contribution in [2.24, 2.45) is 0 Å². The average Bonchev–Trinajstić information content (AvgIpc) is 3.04. The van der Waals surface area contributed by atoms with Gasteiger partial charge in [-0.1, -0.05) is 12.8 Å². The van der Waals surface area contributed by atoms with Crippen molar-refractivity contribution < 1.29 is 45.8 Å². The van der Waals surface area contributed by atoms with Gasteiger partial charge in [-0.2, -0.15) is 26.3 Å². The second-order valence-electron chi connectivity index (χ2n) is 7.08. The summed E-state index contributed by atoms with van der Waals surface area (Å²) in [4.78, 5) is 36.6. The van der Waals surface area contributed by atoms with Gasteiger partial charge in [-0.3, -0.25) is 14.5 Å². The lowest BCUT2D eigenvalue weighted by Crippen LogP contribution is -2.54. The van der Waals surface area contributed by atoms with E-state index in [4.69, 9.17) is 9.90 Å². The first-order chi connectivity index (χ1) is 14.3. The maximum Gasteiger partial charge on any atom is 0.490 e. The first-order valence-electron chi connectivity index (χ1n) is 9.35. The predicted octanol–water partition coefficient (Wildman–Crippen LogP) is 3.83. The molecule has 31 heavy (non-hydrogen) atoms. The predicted molar refractivity (Wildman–Crippen MR) is 98.1 cm³/mol. The molecule has 2 aliphatic heterocycles. The molecule has 3 heterocycles. The number of ketones is 1. The number of nitrogens with zero attached hydrogens (tertiary/aromatic N) is 2. The molecule has 2 fully saturated rings. The minimum Gasteiger partial charge on any atom is -0.475 e. The van der Waals surface area contributed by atoms with Crippen LogP contribution in [0.3, 0.4) is 0 Å². The van der Waals surface area contributed by atoms with E-state index in [1.165, 1.54) is 18.9 Å². The van der Waals surface area contributed by atoms with Crippen molar-refractivity contribution in [1.82, 2.24) is 9.80 Å². The minimum atomic E-state index is -5.08. The lowest BCUT2D eigenvalue weighted by atomic mass is 10.1. The standard InChI is InChI=1S/C16H19F3N2O2S.C2HF3O2/c17-16(18,19)14(22)12-5-6-13(24-12)15(23)21-9-8-20-7-3-1-2-4-11(20)10-21;3-2(4,5)1(6)7/h5-6,11H,1-4,7-10H2;(H,6,7). The molecule has 2 saturated heterocycles. The average molecular weight is 474 g/mol. The highest BCUT2D eigenvalue weighted by molar-refractivity contribution is 7.16. The Morgan fingerprint density at radius 3 is 2.10 bits per heavy atom. The number of alkyl halides is 6. The van der Waals surface area contributed by atoms with Crippen LogP contribution in [0.5, 0.6) is 0 Å². The summed E-state index contributed by atoms with van der Waals surface area (Å²) < 4.78 is 69.2. The van der Waals surface area contributed by atoms with E-state index in [0.717, 1.165) is 32.0 Å². The van der Waals surface area contributed by atoms with Gasteiger partial charge in [-0.25, -0.2) is 4.79 Å². The zero-order chi connectivity index (χ0) is 23.4. The van der Waals surface area contributed by atoms with Gasteiger partial charge in [0.15, 0.2) is 0 Å². The smallest absolute Gasteiger partial charge is 0.475 e. The maximum atomic E-state index is 12.6. The Morgan fingerprint density at radius 2 is 1.52 bits per heavy atom. The molecule has 0 saturated carbocycles. The van der Waals surface area contributed by atoms with Gasteiger partial charge in [-0.05, 0) is 31.5 Å². The zero-order valence-corrected chi connectivity index (χ0v) is 16.9. The monoisotopic (exact) mass is 474 g/mol. The molecule has 1 unspecified atom stereocenters. The number of hydrogen-bond acceptors (Lipinski definition) is 5. The number of carbonyl (C=O) groups is 3. The number of piperazine rings is 1. The molecule has 0 spiro atoms. The van der Waals surface area contributed by atoms with Crippen molar-refractivity contribution in [2.75, 3.05) is 26.2 Å². The van der Waals surface area contributed by atoms with E-state index in [9.17, 15) is 35.9 Å². The largest absolute Gasteiger partial charge is 0.490 e. The molecule has 0 aromatic carbocycles. The highest BCUT2D eigenvalue weighted by Gasteiger charge is 2.41. The number of halogens is 6. The Hall–Kier alpha value is -2.15. The lowest BCUT2D eigenvalue weighted by Gasteiger charge is -2.40. The molecule has 0 radical (unpaired) electrons. The first-order valence-corrected chi connectivity index (χ1v) is 10.2. The fourth-order valence-corrected chi connectivity index (χ4v) is 4.32. The second kappa shape index (κ2) is 9.98. The third kappa shape index (κ3) is 6.92. The molecule has 2 aliphatic rings. The molecule has 0 bridgehead atoms. The van der Waals surface area contributed by atoms with Crippen molar-refractivity contribution in [2.45, 2.75) is 44.1 Å². The molecule has 1 aromatic heterocycles. The second-order valence-corrected chi connectivity index (χ2v) is 8.17. The van der Waals surface area contributed by atoms with Crippen molar-refractivity contribution >= 4 is 29.0 Å². The van der Waals surface area contributed by atoms with Crippen LogP contribution in [0.1, 0.15) is 45.0 Å². The van der Waals surface area contributed by atoms with Crippen LogP contribution in [0.4, 0.5) is 26.3 Å². The van der Waals surface area contributed by atoms with Crippen LogP contribution in [0.25, 0.3) is 0 Å². The topological polar surface area (TPSA) is 77.9 Å². The van der Waals surface area contributed by atoms with Crippen LogP contribution >= 0.6 is 11.3 Å². The summed E-state index contributed by atoms with van der Waals surface area (Å²) >= 11 is 0.629. The number of hydrogen-bond donors (Lipinski definition) is 1. The van der Waals surface area contributed by atoms with Crippen LogP contribution < -0.4 is 0 Å². The van der Waals surface area contributed by atoms with Crippen molar-refractivity contribution in [3.8, 4) is 0 Å². The first kappa shape index (κ1) is 25.1. The van der Waals surface area contributed by atoms with Crippen LogP contribution in [0.15, 0.2) is 12.1 Å². The molecule has 174 valence electrons. The van der Waals surface area contributed by atoms with Crippen molar-refractivity contribution in [1.29, 1.82) is 0 Å². The Bertz CT molecular complexity index is 808.